The third-order valence-electron chi connectivity index (χ3n) is 2.65. The lowest BCUT2D eigenvalue weighted by Gasteiger charge is -2.14. The van der Waals surface area contributed by atoms with Crippen LogP contribution in [0.5, 0.6) is 0 Å². The van der Waals surface area contributed by atoms with Gasteiger partial charge in [-0.25, -0.2) is 4.98 Å². The number of anilines is 1. The molecular formula is C13H12ClN3S. The van der Waals surface area contributed by atoms with E-state index in [-0.39, 0.29) is 6.04 Å². The molecule has 0 saturated heterocycles. The van der Waals surface area contributed by atoms with Gasteiger partial charge in [0.15, 0.2) is 0 Å². The summed E-state index contributed by atoms with van der Waals surface area (Å²) in [6.07, 6.45) is 1.70. The highest BCUT2D eigenvalue weighted by atomic mass is 35.5. The number of aromatic nitrogens is 1. The Bertz CT molecular complexity index is 601. The van der Waals surface area contributed by atoms with E-state index in [0.29, 0.717) is 11.4 Å². The van der Waals surface area contributed by atoms with Crippen LogP contribution in [0.25, 0.3) is 0 Å². The van der Waals surface area contributed by atoms with Gasteiger partial charge in [-0.3, -0.25) is 0 Å². The van der Waals surface area contributed by atoms with Crippen LogP contribution in [0.15, 0.2) is 24.4 Å². The molecule has 0 spiro atoms. The Morgan fingerprint density at radius 2 is 2.22 bits per heavy atom. The molecule has 0 amide bonds. The molecule has 0 radical (unpaired) electrons. The normalized spacial score (nSPS) is 11.9. The zero-order valence-corrected chi connectivity index (χ0v) is 11.6. The molecule has 0 aliphatic carbocycles. The third kappa shape index (κ3) is 2.63. The zero-order chi connectivity index (χ0) is 13.1. The van der Waals surface area contributed by atoms with Gasteiger partial charge in [-0.15, -0.1) is 11.3 Å². The molecule has 1 unspecified atom stereocenters. The van der Waals surface area contributed by atoms with Crippen molar-refractivity contribution in [1.29, 1.82) is 5.26 Å². The lowest BCUT2D eigenvalue weighted by Crippen LogP contribution is -2.08. The molecule has 18 heavy (non-hydrogen) atoms. The van der Waals surface area contributed by atoms with Gasteiger partial charge in [0.05, 0.1) is 15.9 Å². The Hall–Kier alpha value is -1.57. The topological polar surface area (TPSA) is 48.7 Å². The van der Waals surface area contributed by atoms with Gasteiger partial charge in [-0.2, -0.15) is 5.26 Å². The van der Waals surface area contributed by atoms with Crippen LogP contribution in [0, 0.1) is 18.3 Å². The molecular weight excluding hydrogens is 266 g/mol. The van der Waals surface area contributed by atoms with Gasteiger partial charge >= 0.3 is 0 Å². The number of nitrogens with one attached hydrogen (secondary N) is 1. The molecule has 1 atom stereocenters. The quantitative estimate of drug-likeness (QED) is 0.917. The minimum absolute atomic E-state index is 0.0731. The number of halogens is 1. The monoisotopic (exact) mass is 277 g/mol. The molecule has 3 nitrogen and oxygen atoms in total. The van der Waals surface area contributed by atoms with Gasteiger partial charge in [0.1, 0.15) is 11.9 Å². The third-order valence-corrected chi connectivity index (χ3v) is 4.06. The van der Waals surface area contributed by atoms with E-state index in [1.54, 1.807) is 6.20 Å². The maximum Gasteiger partial charge on any atom is 0.144 e. The van der Waals surface area contributed by atoms with Gasteiger partial charge in [0.25, 0.3) is 0 Å². The predicted molar refractivity (Wildman–Crippen MR) is 75.1 cm³/mol. The summed E-state index contributed by atoms with van der Waals surface area (Å²) in [5.41, 5.74) is 1.51. The summed E-state index contributed by atoms with van der Waals surface area (Å²) in [6, 6.07) is 7.93. The lowest BCUT2D eigenvalue weighted by atomic mass is 10.1. The van der Waals surface area contributed by atoms with Crippen molar-refractivity contribution in [2.75, 3.05) is 5.32 Å². The number of thiophene rings is 1. The first-order chi connectivity index (χ1) is 8.61. The van der Waals surface area contributed by atoms with Crippen LogP contribution in [0.3, 0.4) is 0 Å². The highest BCUT2D eigenvalue weighted by Crippen LogP contribution is 2.29. The number of rotatable bonds is 3. The summed E-state index contributed by atoms with van der Waals surface area (Å²) in [7, 11) is 0. The van der Waals surface area contributed by atoms with Crippen LogP contribution < -0.4 is 5.32 Å². The standard InChI is InChI=1S/C13H12ClN3S/c1-8-5-6-16-13(10(8)7-15)17-9(2)11-3-4-12(14)18-11/h3-6,9H,1-2H3,(H,16,17). The Kier molecular flexibility index (Phi) is 3.85. The summed E-state index contributed by atoms with van der Waals surface area (Å²) in [5, 5.41) is 12.4. The molecule has 5 heteroatoms. The first-order valence-corrected chi connectivity index (χ1v) is 6.68. The molecule has 2 rings (SSSR count). The second-order valence-corrected chi connectivity index (χ2v) is 5.72. The van der Waals surface area contributed by atoms with E-state index in [9.17, 15) is 0 Å². The molecule has 0 aliphatic heterocycles. The molecule has 2 aromatic heterocycles. The maximum absolute atomic E-state index is 9.14. The van der Waals surface area contributed by atoms with Crippen molar-refractivity contribution in [3.05, 3.63) is 44.7 Å². The lowest BCUT2D eigenvalue weighted by molar-refractivity contribution is 0.894. The summed E-state index contributed by atoms with van der Waals surface area (Å²) in [6.45, 7) is 3.92. The largest absolute Gasteiger partial charge is 0.362 e. The van der Waals surface area contributed by atoms with Crippen molar-refractivity contribution in [3.63, 3.8) is 0 Å². The Morgan fingerprint density at radius 3 is 2.83 bits per heavy atom. The molecule has 0 bridgehead atoms. The van der Waals surface area contributed by atoms with E-state index >= 15 is 0 Å². The number of pyridine rings is 1. The van der Waals surface area contributed by atoms with Gasteiger partial charge in [0.2, 0.25) is 0 Å². The molecule has 0 aromatic carbocycles. The summed E-state index contributed by atoms with van der Waals surface area (Å²) in [4.78, 5) is 5.34. The number of nitriles is 1. The van der Waals surface area contributed by atoms with Crippen LogP contribution in [0.2, 0.25) is 4.34 Å². The summed E-state index contributed by atoms with van der Waals surface area (Å²) in [5.74, 6) is 0.620. The van der Waals surface area contributed by atoms with Crippen molar-refractivity contribution in [2.45, 2.75) is 19.9 Å². The minimum atomic E-state index is 0.0731. The van der Waals surface area contributed by atoms with Crippen LogP contribution in [-0.2, 0) is 0 Å². The highest BCUT2D eigenvalue weighted by molar-refractivity contribution is 7.16. The Labute approximate surface area is 115 Å². The molecule has 0 aliphatic rings. The second kappa shape index (κ2) is 5.38. The number of nitrogens with zero attached hydrogens (tertiary/aromatic N) is 2. The van der Waals surface area contributed by atoms with E-state index in [1.165, 1.54) is 11.3 Å². The fourth-order valence-corrected chi connectivity index (χ4v) is 2.71. The molecule has 0 saturated carbocycles. The number of hydrogen-bond acceptors (Lipinski definition) is 4. The van der Waals surface area contributed by atoms with Crippen LogP contribution >= 0.6 is 22.9 Å². The fourth-order valence-electron chi connectivity index (χ4n) is 1.65. The Morgan fingerprint density at radius 1 is 1.44 bits per heavy atom. The van der Waals surface area contributed by atoms with Gasteiger partial charge in [-0.1, -0.05) is 11.6 Å². The molecule has 1 N–H and O–H groups in total. The maximum atomic E-state index is 9.14. The first-order valence-electron chi connectivity index (χ1n) is 5.49. The van der Waals surface area contributed by atoms with E-state index in [1.807, 2.05) is 32.0 Å². The minimum Gasteiger partial charge on any atom is -0.362 e. The fraction of sp³-hybridized carbons (Fsp3) is 0.231. The average molecular weight is 278 g/mol. The second-order valence-electron chi connectivity index (χ2n) is 3.97. The van der Waals surface area contributed by atoms with Crippen molar-refractivity contribution in [3.8, 4) is 6.07 Å². The zero-order valence-electron chi connectivity index (χ0n) is 10.1. The van der Waals surface area contributed by atoms with E-state index < -0.39 is 0 Å². The van der Waals surface area contributed by atoms with E-state index in [0.717, 1.165) is 14.8 Å². The molecule has 2 aromatic rings. The predicted octanol–water partition coefficient (Wildman–Crippen LogP) is 4.15. The Balaban J connectivity index is 2.25. The van der Waals surface area contributed by atoms with E-state index in [2.05, 4.69) is 16.4 Å². The SMILES string of the molecule is Cc1ccnc(NC(C)c2ccc(Cl)s2)c1C#N. The highest BCUT2D eigenvalue weighted by Gasteiger charge is 2.12. The molecule has 2 heterocycles. The summed E-state index contributed by atoms with van der Waals surface area (Å²) >= 11 is 7.44. The number of hydrogen-bond donors (Lipinski definition) is 1. The van der Waals surface area contributed by atoms with Crippen molar-refractivity contribution in [2.24, 2.45) is 0 Å². The van der Waals surface area contributed by atoms with Gasteiger partial charge < -0.3 is 5.32 Å². The van der Waals surface area contributed by atoms with Crippen molar-refractivity contribution < 1.29 is 0 Å². The average Bonchev–Trinajstić information content (AvgIpc) is 2.76. The van der Waals surface area contributed by atoms with Gasteiger partial charge in [-0.05, 0) is 37.6 Å². The van der Waals surface area contributed by atoms with Crippen LogP contribution in [0.1, 0.15) is 29.0 Å². The molecule has 0 fully saturated rings. The number of aryl methyl sites for hydroxylation is 1. The van der Waals surface area contributed by atoms with Gasteiger partial charge in [0, 0.05) is 11.1 Å². The smallest absolute Gasteiger partial charge is 0.144 e. The molecule has 92 valence electrons. The summed E-state index contributed by atoms with van der Waals surface area (Å²) < 4.78 is 0.761. The van der Waals surface area contributed by atoms with Crippen LogP contribution in [-0.4, -0.2) is 4.98 Å². The van der Waals surface area contributed by atoms with Crippen LogP contribution in [0.4, 0.5) is 5.82 Å². The first kappa shape index (κ1) is 12.9. The van der Waals surface area contributed by atoms with Crippen molar-refractivity contribution >= 4 is 28.8 Å². The van der Waals surface area contributed by atoms with E-state index in [4.69, 9.17) is 16.9 Å². The van der Waals surface area contributed by atoms with Crippen molar-refractivity contribution in [1.82, 2.24) is 4.98 Å².